The molecular weight excluding hydrogens is 230 g/mol. The Morgan fingerprint density at radius 3 is 2.53 bits per heavy atom. The smallest absolute Gasteiger partial charge is 0.00125 e. The second kappa shape index (κ2) is 5.76. The minimum atomic E-state index is 0.730. The molecule has 1 aliphatic heterocycles. The molecule has 1 N–H and O–H groups in total. The van der Waals surface area contributed by atoms with Gasteiger partial charge in [0.05, 0.1) is 0 Å². The van der Waals surface area contributed by atoms with Crippen LogP contribution in [0, 0.1) is 29.1 Å². The van der Waals surface area contributed by atoms with Crippen molar-refractivity contribution in [2.45, 2.75) is 71.6 Å². The average Bonchev–Trinajstić information content (AvgIpc) is 2.93. The maximum Gasteiger partial charge on any atom is -0.00125 e. The summed E-state index contributed by atoms with van der Waals surface area (Å²) in [5.41, 5.74) is 0.730. The molecule has 0 bridgehead atoms. The van der Waals surface area contributed by atoms with E-state index in [4.69, 9.17) is 0 Å². The van der Waals surface area contributed by atoms with Gasteiger partial charge < -0.3 is 5.32 Å². The SMILES string of the molecule is CC(C)C1CCCC2(CCNCC2C2CCCC2)C1. The largest absolute Gasteiger partial charge is 0.316 e. The minimum Gasteiger partial charge on any atom is -0.316 e. The standard InChI is InChI=1S/C18H33N/c1-14(2)16-8-5-9-18(12-16)10-11-19-13-17(18)15-6-3-4-7-15/h14-17,19H,3-13H2,1-2H3. The first-order valence-electron chi connectivity index (χ1n) is 8.92. The molecule has 3 fully saturated rings. The zero-order valence-electron chi connectivity index (χ0n) is 13.1. The Bertz CT molecular complexity index is 288. The van der Waals surface area contributed by atoms with E-state index in [9.17, 15) is 0 Å². The van der Waals surface area contributed by atoms with Gasteiger partial charge in [0.1, 0.15) is 0 Å². The summed E-state index contributed by atoms with van der Waals surface area (Å²) in [4.78, 5) is 0. The van der Waals surface area contributed by atoms with Gasteiger partial charge in [-0.1, -0.05) is 52.4 Å². The van der Waals surface area contributed by atoms with Crippen molar-refractivity contribution in [3.63, 3.8) is 0 Å². The molecule has 3 rings (SSSR count). The van der Waals surface area contributed by atoms with Crippen molar-refractivity contribution in [3.05, 3.63) is 0 Å². The van der Waals surface area contributed by atoms with E-state index in [1.807, 2.05) is 0 Å². The zero-order chi connectivity index (χ0) is 13.3. The van der Waals surface area contributed by atoms with Gasteiger partial charge in [0.15, 0.2) is 0 Å². The maximum atomic E-state index is 3.73. The quantitative estimate of drug-likeness (QED) is 0.766. The molecule has 3 aliphatic rings. The van der Waals surface area contributed by atoms with Gasteiger partial charge in [0.2, 0.25) is 0 Å². The van der Waals surface area contributed by atoms with Gasteiger partial charge in [0, 0.05) is 0 Å². The second-order valence-corrected chi connectivity index (χ2v) is 8.07. The lowest BCUT2D eigenvalue weighted by Crippen LogP contribution is -2.50. The molecule has 19 heavy (non-hydrogen) atoms. The van der Waals surface area contributed by atoms with Crippen molar-refractivity contribution < 1.29 is 0 Å². The molecule has 110 valence electrons. The van der Waals surface area contributed by atoms with Gasteiger partial charge in [0.25, 0.3) is 0 Å². The first kappa shape index (κ1) is 13.9. The Morgan fingerprint density at radius 1 is 1.00 bits per heavy atom. The van der Waals surface area contributed by atoms with Crippen molar-refractivity contribution in [1.82, 2.24) is 5.32 Å². The Morgan fingerprint density at radius 2 is 1.79 bits per heavy atom. The molecule has 3 atom stereocenters. The molecule has 0 aromatic rings. The molecule has 1 nitrogen and oxygen atoms in total. The summed E-state index contributed by atoms with van der Waals surface area (Å²) < 4.78 is 0. The highest BCUT2D eigenvalue weighted by atomic mass is 14.9. The average molecular weight is 263 g/mol. The van der Waals surface area contributed by atoms with E-state index >= 15 is 0 Å². The monoisotopic (exact) mass is 263 g/mol. The summed E-state index contributed by atoms with van der Waals surface area (Å²) in [5.74, 6) is 3.97. The van der Waals surface area contributed by atoms with Crippen LogP contribution in [0.5, 0.6) is 0 Å². The van der Waals surface area contributed by atoms with Gasteiger partial charge in [-0.05, 0) is 61.4 Å². The minimum absolute atomic E-state index is 0.730. The summed E-state index contributed by atoms with van der Waals surface area (Å²) in [6.45, 7) is 7.52. The van der Waals surface area contributed by atoms with Crippen LogP contribution in [-0.4, -0.2) is 13.1 Å². The van der Waals surface area contributed by atoms with Crippen molar-refractivity contribution in [2.24, 2.45) is 29.1 Å². The highest BCUT2D eigenvalue weighted by Gasteiger charge is 2.47. The number of hydrogen-bond donors (Lipinski definition) is 1. The van der Waals surface area contributed by atoms with Crippen LogP contribution >= 0.6 is 0 Å². The summed E-state index contributed by atoms with van der Waals surface area (Å²) in [7, 11) is 0. The van der Waals surface area contributed by atoms with Crippen LogP contribution in [0.2, 0.25) is 0 Å². The van der Waals surface area contributed by atoms with Crippen LogP contribution < -0.4 is 5.32 Å². The lowest BCUT2D eigenvalue weighted by Gasteiger charge is -2.52. The summed E-state index contributed by atoms with van der Waals surface area (Å²) >= 11 is 0. The van der Waals surface area contributed by atoms with Crippen LogP contribution in [0.15, 0.2) is 0 Å². The van der Waals surface area contributed by atoms with Gasteiger partial charge in [-0.2, -0.15) is 0 Å². The molecule has 3 unspecified atom stereocenters. The van der Waals surface area contributed by atoms with Gasteiger partial charge in [-0.25, -0.2) is 0 Å². The van der Waals surface area contributed by atoms with E-state index in [1.54, 1.807) is 12.8 Å². The molecule has 0 aromatic carbocycles. The number of piperidine rings is 1. The predicted molar refractivity (Wildman–Crippen MR) is 82.2 cm³/mol. The Kier molecular flexibility index (Phi) is 4.22. The number of hydrogen-bond acceptors (Lipinski definition) is 1. The fourth-order valence-corrected chi connectivity index (χ4v) is 5.60. The van der Waals surface area contributed by atoms with E-state index in [0.29, 0.717) is 0 Å². The molecule has 2 saturated carbocycles. The first-order chi connectivity index (χ1) is 9.21. The maximum absolute atomic E-state index is 3.73. The van der Waals surface area contributed by atoms with Crippen molar-refractivity contribution in [1.29, 1.82) is 0 Å². The lowest BCUT2D eigenvalue weighted by molar-refractivity contribution is -0.00749. The molecule has 1 heterocycles. The summed E-state index contributed by atoms with van der Waals surface area (Å²) in [5, 5.41) is 3.73. The van der Waals surface area contributed by atoms with E-state index in [1.165, 1.54) is 58.0 Å². The van der Waals surface area contributed by atoms with Crippen LogP contribution in [0.25, 0.3) is 0 Å². The molecule has 0 radical (unpaired) electrons. The molecule has 0 amide bonds. The molecule has 1 spiro atoms. The van der Waals surface area contributed by atoms with Crippen LogP contribution in [0.4, 0.5) is 0 Å². The van der Waals surface area contributed by atoms with Crippen molar-refractivity contribution in [3.8, 4) is 0 Å². The van der Waals surface area contributed by atoms with Crippen LogP contribution in [-0.2, 0) is 0 Å². The highest BCUT2D eigenvalue weighted by molar-refractivity contribution is 4.99. The fourth-order valence-electron chi connectivity index (χ4n) is 5.60. The summed E-state index contributed by atoms with van der Waals surface area (Å²) in [6.07, 6.45) is 13.6. The van der Waals surface area contributed by atoms with Gasteiger partial charge in [-0.3, -0.25) is 0 Å². The third-order valence-corrected chi connectivity index (χ3v) is 6.78. The molecule has 1 saturated heterocycles. The first-order valence-corrected chi connectivity index (χ1v) is 8.92. The normalized spacial score (nSPS) is 41.2. The van der Waals surface area contributed by atoms with Crippen LogP contribution in [0.1, 0.15) is 71.6 Å². The Labute approximate surface area is 119 Å². The number of nitrogens with one attached hydrogen (secondary N) is 1. The van der Waals surface area contributed by atoms with Crippen molar-refractivity contribution in [2.75, 3.05) is 13.1 Å². The third-order valence-electron chi connectivity index (χ3n) is 6.78. The fraction of sp³-hybridized carbons (Fsp3) is 1.00. The topological polar surface area (TPSA) is 12.0 Å². The van der Waals surface area contributed by atoms with Crippen molar-refractivity contribution >= 4 is 0 Å². The van der Waals surface area contributed by atoms with Gasteiger partial charge in [-0.15, -0.1) is 0 Å². The third kappa shape index (κ3) is 2.73. The molecular formula is C18H33N. The molecule has 0 aromatic heterocycles. The molecule has 2 aliphatic carbocycles. The van der Waals surface area contributed by atoms with Crippen LogP contribution in [0.3, 0.4) is 0 Å². The molecule has 1 heteroatoms. The summed E-state index contributed by atoms with van der Waals surface area (Å²) in [6, 6.07) is 0. The van der Waals surface area contributed by atoms with Gasteiger partial charge >= 0.3 is 0 Å². The second-order valence-electron chi connectivity index (χ2n) is 8.07. The number of rotatable bonds is 2. The van der Waals surface area contributed by atoms with E-state index < -0.39 is 0 Å². The lowest BCUT2D eigenvalue weighted by atomic mass is 9.55. The Hall–Kier alpha value is -0.0400. The highest BCUT2D eigenvalue weighted by Crippen LogP contribution is 2.54. The Balaban J connectivity index is 1.77. The van der Waals surface area contributed by atoms with E-state index in [2.05, 4.69) is 19.2 Å². The zero-order valence-corrected chi connectivity index (χ0v) is 13.1. The van der Waals surface area contributed by atoms with E-state index in [-0.39, 0.29) is 0 Å². The predicted octanol–water partition coefficient (Wildman–Crippen LogP) is 4.62. The van der Waals surface area contributed by atoms with E-state index in [0.717, 1.165) is 29.1 Å².